The number of fused-ring (bicyclic) bond motifs is 1. The molecular formula is C23H35NO4S. The second kappa shape index (κ2) is 12.8. The molecular weight excluding hydrogens is 386 g/mol. The number of carboxylic acids is 1. The average molecular weight is 422 g/mol. The summed E-state index contributed by atoms with van der Waals surface area (Å²) in [6, 6.07) is 0. The molecule has 5 nitrogen and oxygen atoms in total. The summed E-state index contributed by atoms with van der Waals surface area (Å²) in [5, 5.41) is 9.52. The minimum Gasteiger partial charge on any atom is -0.477 e. The number of nitrogens with zero attached hydrogens (tertiary/aromatic N) is 1. The fourth-order valence-corrected chi connectivity index (χ4v) is 4.74. The zero-order chi connectivity index (χ0) is 21.1. The highest BCUT2D eigenvalue weighted by atomic mass is 32.1. The molecule has 0 saturated carbocycles. The maximum absolute atomic E-state index is 12.2. The van der Waals surface area contributed by atoms with Crippen LogP contribution in [0.4, 0.5) is 0 Å². The van der Waals surface area contributed by atoms with Gasteiger partial charge < -0.3 is 9.52 Å². The van der Waals surface area contributed by atoms with Crippen molar-refractivity contribution in [2.75, 3.05) is 0 Å². The first-order chi connectivity index (χ1) is 14.0. The first kappa shape index (κ1) is 23.6. The molecule has 2 heterocycles. The Hall–Kier alpha value is -1.69. The summed E-state index contributed by atoms with van der Waals surface area (Å²) in [6.45, 7) is 3.89. The van der Waals surface area contributed by atoms with Gasteiger partial charge in [-0.3, -0.25) is 0 Å². The molecule has 0 radical (unpaired) electrons. The number of hydrogen-bond acceptors (Lipinski definition) is 5. The molecule has 0 aliphatic carbocycles. The van der Waals surface area contributed by atoms with Crippen molar-refractivity contribution in [2.24, 2.45) is 0 Å². The second-order valence-electron chi connectivity index (χ2n) is 7.93. The maximum Gasteiger partial charge on any atom is 0.348 e. The van der Waals surface area contributed by atoms with Crippen LogP contribution in [0.3, 0.4) is 0 Å². The van der Waals surface area contributed by atoms with Crippen LogP contribution in [-0.4, -0.2) is 16.1 Å². The van der Waals surface area contributed by atoms with Gasteiger partial charge in [-0.05, 0) is 18.9 Å². The van der Waals surface area contributed by atoms with Crippen molar-refractivity contribution in [3.05, 3.63) is 26.8 Å². The average Bonchev–Trinajstić information content (AvgIpc) is 3.02. The van der Waals surface area contributed by atoms with Gasteiger partial charge in [-0.1, -0.05) is 84.0 Å². The highest BCUT2D eigenvalue weighted by Crippen LogP contribution is 2.27. The SMILES string of the molecule is CCCCCCCCCCCCCCCc1nc2sc(C(=O)O)c(C)c2c(=O)o1. The van der Waals surface area contributed by atoms with Crippen molar-refractivity contribution in [1.29, 1.82) is 0 Å². The van der Waals surface area contributed by atoms with E-state index in [0.29, 0.717) is 28.1 Å². The highest BCUT2D eigenvalue weighted by molar-refractivity contribution is 7.20. The largest absolute Gasteiger partial charge is 0.477 e. The smallest absolute Gasteiger partial charge is 0.348 e. The Kier molecular flexibility index (Phi) is 10.4. The van der Waals surface area contributed by atoms with Gasteiger partial charge in [-0.15, -0.1) is 11.3 Å². The molecule has 0 aromatic carbocycles. The van der Waals surface area contributed by atoms with Crippen LogP contribution in [0.15, 0.2) is 9.21 Å². The molecule has 1 N–H and O–H groups in total. The minimum absolute atomic E-state index is 0.165. The van der Waals surface area contributed by atoms with E-state index in [2.05, 4.69) is 11.9 Å². The molecule has 2 aromatic rings. The van der Waals surface area contributed by atoms with Crippen molar-refractivity contribution >= 4 is 27.5 Å². The van der Waals surface area contributed by atoms with Crippen molar-refractivity contribution in [1.82, 2.24) is 4.98 Å². The highest BCUT2D eigenvalue weighted by Gasteiger charge is 2.19. The molecule has 162 valence electrons. The van der Waals surface area contributed by atoms with Gasteiger partial charge in [0.1, 0.15) is 15.1 Å². The zero-order valence-corrected chi connectivity index (χ0v) is 18.7. The Morgan fingerprint density at radius 2 is 1.45 bits per heavy atom. The summed E-state index contributed by atoms with van der Waals surface area (Å²) in [5.74, 6) is -0.605. The summed E-state index contributed by atoms with van der Waals surface area (Å²) in [6.07, 6.45) is 17.4. The molecule has 0 bridgehead atoms. The predicted octanol–water partition coefficient (Wildman–Crippen LogP) is 6.89. The molecule has 0 fully saturated rings. The molecule has 0 unspecified atom stereocenters. The fraction of sp³-hybridized carbons (Fsp3) is 0.696. The monoisotopic (exact) mass is 421 g/mol. The number of aryl methyl sites for hydroxylation is 2. The summed E-state index contributed by atoms with van der Waals surface area (Å²) >= 11 is 1.05. The maximum atomic E-state index is 12.2. The summed E-state index contributed by atoms with van der Waals surface area (Å²) < 4.78 is 5.32. The van der Waals surface area contributed by atoms with E-state index < -0.39 is 11.6 Å². The van der Waals surface area contributed by atoms with Crippen LogP contribution < -0.4 is 5.63 Å². The Balaban J connectivity index is 1.62. The van der Waals surface area contributed by atoms with E-state index in [1.54, 1.807) is 6.92 Å². The first-order valence-electron chi connectivity index (χ1n) is 11.2. The van der Waals surface area contributed by atoms with Crippen molar-refractivity contribution in [3.8, 4) is 0 Å². The predicted molar refractivity (Wildman–Crippen MR) is 119 cm³/mol. The van der Waals surface area contributed by atoms with E-state index in [1.807, 2.05) is 0 Å². The third-order valence-corrected chi connectivity index (χ3v) is 6.63. The number of thiophene rings is 1. The van der Waals surface area contributed by atoms with E-state index in [4.69, 9.17) is 4.42 Å². The van der Waals surface area contributed by atoms with Gasteiger partial charge in [0.15, 0.2) is 5.89 Å². The zero-order valence-electron chi connectivity index (χ0n) is 17.9. The molecule has 0 aliphatic rings. The topological polar surface area (TPSA) is 80.4 Å². The van der Waals surface area contributed by atoms with Crippen LogP contribution in [0.5, 0.6) is 0 Å². The Morgan fingerprint density at radius 3 is 1.97 bits per heavy atom. The lowest BCUT2D eigenvalue weighted by molar-refractivity contribution is 0.0701. The van der Waals surface area contributed by atoms with E-state index in [1.165, 1.54) is 70.6 Å². The molecule has 6 heteroatoms. The molecule has 0 atom stereocenters. The van der Waals surface area contributed by atoms with Gasteiger partial charge in [0.25, 0.3) is 0 Å². The summed E-state index contributed by atoms with van der Waals surface area (Å²) in [7, 11) is 0. The van der Waals surface area contributed by atoms with Gasteiger partial charge in [0.05, 0.1) is 0 Å². The first-order valence-corrected chi connectivity index (χ1v) is 12.0. The Bertz CT molecular complexity index is 824. The standard InChI is InChI=1S/C23H35NO4S/c1-3-4-5-6-7-8-9-10-11-12-13-14-15-16-18-24-21-19(23(27)28-18)17(2)20(29-21)22(25)26/h3-16H2,1-2H3,(H,25,26). The quantitative estimate of drug-likeness (QED) is 0.317. The number of hydrogen-bond donors (Lipinski definition) is 1. The van der Waals surface area contributed by atoms with Crippen LogP contribution >= 0.6 is 11.3 Å². The number of aromatic carboxylic acids is 1. The third-order valence-electron chi connectivity index (χ3n) is 5.46. The molecule has 0 spiro atoms. The van der Waals surface area contributed by atoms with Crippen LogP contribution in [0.25, 0.3) is 10.2 Å². The Labute approximate surface area is 177 Å². The van der Waals surface area contributed by atoms with E-state index in [9.17, 15) is 14.7 Å². The summed E-state index contributed by atoms with van der Waals surface area (Å²) in [4.78, 5) is 28.5. The lowest BCUT2D eigenvalue weighted by Crippen LogP contribution is -2.05. The van der Waals surface area contributed by atoms with Crippen LogP contribution in [0, 0.1) is 6.92 Å². The molecule has 0 saturated heterocycles. The molecule has 0 amide bonds. The fourth-order valence-electron chi connectivity index (χ4n) is 3.72. The van der Waals surface area contributed by atoms with E-state index >= 15 is 0 Å². The van der Waals surface area contributed by atoms with Crippen LogP contribution in [0.1, 0.15) is 112 Å². The summed E-state index contributed by atoms with van der Waals surface area (Å²) in [5.41, 5.74) is -0.0211. The number of carbonyl (C=O) groups is 1. The van der Waals surface area contributed by atoms with E-state index in [-0.39, 0.29) is 4.88 Å². The van der Waals surface area contributed by atoms with E-state index in [0.717, 1.165) is 24.2 Å². The van der Waals surface area contributed by atoms with Crippen molar-refractivity contribution in [2.45, 2.75) is 104 Å². The molecule has 2 aromatic heterocycles. The van der Waals surface area contributed by atoms with Crippen molar-refractivity contribution in [3.63, 3.8) is 0 Å². The minimum atomic E-state index is -1.03. The number of aromatic nitrogens is 1. The van der Waals surface area contributed by atoms with Gasteiger partial charge in [-0.25, -0.2) is 14.6 Å². The molecule has 29 heavy (non-hydrogen) atoms. The Morgan fingerprint density at radius 1 is 0.931 bits per heavy atom. The second-order valence-corrected chi connectivity index (χ2v) is 8.93. The lowest BCUT2D eigenvalue weighted by atomic mass is 10.0. The van der Waals surface area contributed by atoms with Crippen molar-refractivity contribution < 1.29 is 14.3 Å². The van der Waals surface area contributed by atoms with Gasteiger partial charge in [0, 0.05) is 6.42 Å². The van der Waals surface area contributed by atoms with Gasteiger partial charge in [0.2, 0.25) is 0 Å². The molecule has 0 aliphatic heterocycles. The molecule has 2 rings (SSSR count). The third kappa shape index (κ3) is 7.57. The number of rotatable bonds is 15. The number of unbranched alkanes of at least 4 members (excludes halogenated alkanes) is 12. The van der Waals surface area contributed by atoms with Crippen LogP contribution in [0.2, 0.25) is 0 Å². The van der Waals surface area contributed by atoms with Gasteiger partial charge >= 0.3 is 11.6 Å². The normalized spacial score (nSPS) is 11.4. The van der Waals surface area contributed by atoms with Crippen LogP contribution in [-0.2, 0) is 6.42 Å². The lowest BCUT2D eigenvalue weighted by Gasteiger charge is -2.03. The van der Waals surface area contributed by atoms with Gasteiger partial charge in [-0.2, -0.15) is 0 Å². The number of carboxylic acid groups (broad SMARTS) is 1.